The van der Waals surface area contributed by atoms with E-state index in [0.29, 0.717) is 5.75 Å². The van der Waals surface area contributed by atoms with Crippen molar-refractivity contribution < 1.29 is 14.3 Å². The standard InChI is InChI=1S/C17H17IN2O3/c1-12-5-3-4-6-13(12)10-19-20-17(21)11-23-16-8-7-14(22-2)9-15(16)18/h3-10H,11H2,1-2H3,(H,20,21). The average Bonchev–Trinajstić information content (AvgIpc) is 2.55. The smallest absolute Gasteiger partial charge is 0.277 e. The molecule has 23 heavy (non-hydrogen) atoms. The summed E-state index contributed by atoms with van der Waals surface area (Å²) in [6.07, 6.45) is 1.62. The minimum absolute atomic E-state index is 0.104. The van der Waals surface area contributed by atoms with Gasteiger partial charge in [-0.05, 0) is 58.8 Å². The van der Waals surface area contributed by atoms with E-state index in [1.165, 1.54) is 0 Å². The van der Waals surface area contributed by atoms with Crippen LogP contribution in [0.1, 0.15) is 11.1 Å². The van der Waals surface area contributed by atoms with Crippen molar-refractivity contribution in [3.63, 3.8) is 0 Å². The number of carbonyl (C=O) groups excluding carboxylic acids is 1. The first-order valence-electron chi connectivity index (χ1n) is 6.94. The molecule has 2 rings (SSSR count). The van der Waals surface area contributed by atoms with E-state index in [2.05, 4.69) is 33.1 Å². The van der Waals surface area contributed by atoms with Gasteiger partial charge in [-0.2, -0.15) is 5.10 Å². The number of hydrogen-bond acceptors (Lipinski definition) is 4. The molecule has 0 atom stereocenters. The molecule has 5 nitrogen and oxygen atoms in total. The Labute approximate surface area is 148 Å². The molecular weight excluding hydrogens is 407 g/mol. The highest BCUT2D eigenvalue weighted by atomic mass is 127. The maximum Gasteiger partial charge on any atom is 0.277 e. The summed E-state index contributed by atoms with van der Waals surface area (Å²) in [5, 5.41) is 3.94. The first-order chi connectivity index (χ1) is 11.1. The van der Waals surface area contributed by atoms with Crippen LogP contribution in [0, 0.1) is 10.5 Å². The SMILES string of the molecule is COc1ccc(OCC(=O)NN=Cc2ccccc2C)c(I)c1. The molecule has 6 heteroatoms. The van der Waals surface area contributed by atoms with Gasteiger partial charge in [-0.1, -0.05) is 24.3 Å². The van der Waals surface area contributed by atoms with Crippen molar-refractivity contribution >= 4 is 34.7 Å². The number of rotatable bonds is 6. The fraction of sp³-hybridized carbons (Fsp3) is 0.176. The van der Waals surface area contributed by atoms with Gasteiger partial charge in [0, 0.05) is 0 Å². The van der Waals surface area contributed by atoms with Crippen molar-refractivity contribution in [3.05, 3.63) is 57.2 Å². The van der Waals surface area contributed by atoms with Gasteiger partial charge in [0.2, 0.25) is 0 Å². The van der Waals surface area contributed by atoms with Gasteiger partial charge < -0.3 is 9.47 Å². The van der Waals surface area contributed by atoms with Crippen LogP contribution < -0.4 is 14.9 Å². The zero-order valence-electron chi connectivity index (χ0n) is 12.9. The van der Waals surface area contributed by atoms with Gasteiger partial charge in [0.05, 0.1) is 16.9 Å². The lowest BCUT2D eigenvalue weighted by atomic mass is 10.1. The van der Waals surface area contributed by atoms with E-state index in [-0.39, 0.29) is 12.5 Å². The number of nitrogens with one attached hydrogen (secondary N) is 1. The second-order valence-corrected chi connectivity index (χ2v) is 5.90. The second-order valence-electron chi connectivity index (χ2n) is 4.73. The number of nitrogens with zero attached hydrogens (tertiary/aromatic N) is 1. The van der Waals surface area contributed by atoms with Crippen LogP contribution in [0.4, 0.5) is 0 Å². The zero-order valence-corrected chi connectivity index (χ0v) is 15.0. The van der Waals surface area contributed by atoms with Crippen LogP contribution in [-0.2, 0) is 4.79 Å². The number of amides is 1. The number of aryl methyl sites for hydroxylation is 1. The number of benzene rings is 2. The molecule has 0 aliphatic heterocycles. The molecule has 1 amide bonds. The Bertz CT molecular complexity index is 717. The van der Waals surface area contributed by atoms with Crippen LogP contribution in [0.25, 0.3) is 0 Å². The molecule has 0 saturated heterocycles. The Hall–Kier alpha value is -2.09. The summed E-state index contributed by atoms with van der Waals surface area (Å²) < 4.78 is 11.5. The highest BCUT2D eigenvalue weighted by Gasteiger charge is 2.06. The molecule has 0 aliphatic rings. The third kappa shape index (κ3) is 5.24. The number of ether oxygens (including phenoxy) is 2. The lowest BCUT2D eigenvalue weighted by Crippen LogP contribution is -2.24. The minimum atomic E-state index is -0.318. The lowest BCUT2D eigenvalue weighted by molar-refractivity contribution is -0.123. The number of hydrogen-bond donors (Lipinski definition) is 1. The molecule has 0 radical (unpaired) electrons. The molecule has 1 N–H and O–H groups in total. The van der Waals surface area contributed by atoms with Gasteiger partial charge in [0.15, 0.2) is 6.61 Å². The number of hydrazone groups is 1. The Kier molecular flexibility index (Phi) is 6.40. The predicted molar refractivity (Wildman–Crippen MR) is 98.1 cm³/mol. The Balaban J connectivity index is 1.85. The summed E-state index contributed by atoms with van der Waals surface area (Å²) in [6, 6.07) is 13.2. The summed E-state index contributed by atoms with van der Waals surface area (Å²) in [4.78, 5) is 11.7. The fourth-order valence-electron chi connectivity index (χ4n) is 1.81. The van der Waals surface area contributed by atoms with Crippen molar-refractivity contribution in [2.75, 3.05) is 13.7 Å². The predicted octanol–water partition coefficient (Wildman–Crippen LogP) is 3.14. The number of halogens is 1. The highest BCUT2D eigenvalue weighted by molar-refractivity contribution is 14.1. The van der Waals surface area contributed by atoms with Crippen molar-refractivity contribution in [1.29, 1.82) is 0 Å². The second kappa shape index (κ2) is 8.52. The summed E-state index contributed by atoms with van der Waals surface area (Å²) in [6.45, 7) is 1.88. The first-order valence-corrected chi connectivity index (χ1v) is 8.02. The van der Waals surface area contributed by atoms with Gasteiger partial charge in [0.1, 0.15) is 11.5 Å². The van der Waals surface area contributed by atoms with Gasteiger partial charge in [-0.25, -0.2) is 5.43 Å². The summed E-state index contributed by atoms with van der Waals surface area (Å²) in [5.74, 6) is 1.06. The monoisotopic (exact) mass is 424 g/mol. The Morgan fingerprint density at radius 3 is 2.78 bits per heavy atom. The maximum atomic E-state index is 11.7. The van der Waals surface area contributed by atoms with E-state index in [9.17, 15) is 4.79 Å². The van der Waals surface area contributed by atoms with Crippen LogP contribution in [0.3, 0.4) is 0 Å². The topological polar surface area (TPSA) is 59.9 Å². The normalized spacial score (nSPS) is 10.6. The molecule has 0 aromatic heterocycles. The molecule has 0 aliphatic carbocycles. The molecular formula is C17H17IN2O3. The Morgan fingerprint density at radius 1 is 1.30 bits per heavy atom. The van der Waals surface area contributed by atoms with Crippen molar-refractivity contribution in [3.8, 4) is 11.5 Å². The quantitative estimate of drug-likeness (QED) is 0.441. The molecule has 0 fully saturated rings. The van der Waals surface area contributed by atoms with Crippen LogP contribution in [0.5, 0.6) is 11.5 Å². The lowest BCUT2D eigenvalue weighted by Gasteiger charge is -2.08. The van der Waals surface area contributed by atoms with Gasteiger partial charge >= 0.3 is 0 Å². The number of methoxy groups -OCH3 is 1. The summed E-state index contributed by atoms with van der Waals surface area (Å²) in [7, 11) is 1.60. The van der Waals surface area contributed by atoms with Gasteiger partial charge in [-0.3, -0.25) is 4.79 Å². The highest BCUT2D eigenvalue weighted by Crippen LogP contribution is 2.25. The average molecular weight is 424 g/mol. The maximum absolute atomic E-state index is 11.7. The van der Waals surface area contributed by atoms with Crippen LogP contribution in [0.2, 0.25) is 0 Å². The zero-order chi connectivity index (χ0) is 16.7. The van der Waals surface area contributed by atoms with Gasteiger partial charge in [-0.15, -0.1) is 0 Å². The van der Waals surface area contributed by atoms with Crippen molar-refractivity contribution in [1.82, 2.24) is 5.43 Å². The van der Waals surface area contributed by atoms with Crippen molar-refractivity contribution in [2.45, 2.75) is 6.92 Å². The molecule has 0 bridgehead atoms. The third-order valence-corrected chi connectivity index (χ3v) is 3.92. The van der Waals surface area contributed by atoms with Crippen molar-refractivity contribution in [2.24, 2.45) is 5.10 Å². The molecule has 2 aromatic rings. The van der Waals surface area contributed by atoms with Crippen LogP contribution in [-0.4, -0.2) is 25.8 Å². The Morgan fingerprint density at radius 2 is 2.09 bits per heavy atom. The first kappa shape index (κ1) is 17.3. The largest absolute Gasteiger partial charge is 0.497 e. The van der Waals surface area contributed by atoms with E-state index >= 15 is 0 Å². The number of carbonyl (C=O) groups is 1. The fourth-order valence-corrected chi connectivity index (χ4v) is 2.45. The molecule has 120 valence electrons. The molecule has 0 unspecified atom stereocenters. The third-order valence-electron chi connectivity index (χ3n) is 3.08. The van der Waals surface area contributed by atoms with E-state index in [1.807, 2.05) is 37.3 Å². The van der Waals surface area contributed by atoms with Gasteiger partial charge in [0.25, 0.3) is 5.91 Å². The summed E-state index contributed by atoms with van der Waals surface area (Å²) in [5.41, 5.74) is 4.50. The van der Waals surface area contributed by atoms with E-state index < -0.39 is 0 Å². The minimum Gasteiger partial charge on any atom is -0.497 e. The molecule has 0 spiro atoms. The van der Waals surface area contributed by atoms with E-state index in [1.54, 1.807) is 25.5 Å². The van der Waals surface area contributed by atoms with E-state index in [4.69, 9.17) is 9.47 Å². The molecule has 0 saturated carbocycles. The molecule has 0 heterocycles. The molecule has 2 aromatic carbocycles. The van der Waals surface area contributed by atoms with Crippen LogP contribution >= 0.6 is 22.6 Å². The van der Waals surface area contributed by atoms with E-state index in [0.717, 1.165) is 20.4 Å². The van der Waals surface area contributed by atoms with Crippen LogP contribution in [0.15, 0.2) is 47.6 Å². The summed E-state index contributed by atoms with van der Waals surface area (Å²) >= 11 is 2.13.